The molecular formula is C20H20Cl2F2N2O. The lowest BCUT2D eigenvalue weighted by Gasteiger charge is -2.37. The molecule has 1 saturated heterocycles. The number of carbonyl (C=O) groups is 1. The van der Waals surface area contributed by atoms with Crippen molar-refractivity contribution in [2.24, 2.45) is 5.92 Å². The number of piperazine rings is 1. The average molecular weight is 413 g/mol. The Hall–Kier alpha value is -1.69. The van der Waals surface area contributed by atoms with E-state index in [1.54, 1.807) is 0 Å². The number of hydrogen-bond donors (Lipinski definition) is 1. The summed E-state index contributed by atoms with van der Waals surface area (Å²) in [6, 6.07) is 10.8. The van der Waals surface area contributed by atoms with Crippen LogP contribution >= 0.6 is 24.0 Å². The van der Waals surface area contributed by atoms with Gasteiger partial charge in [-0.2, -0.15) is 0 Å². The van der Waals surface area contributed by atoms with Gasteiger partial charge >= 0.3 is 0 Å². The summed E-state index contributed by atoms with van der Waals surface area (Å²) in [5.74, 6) is -1.48. The highest BCUT2D eigenvalue weighted by Gasteiger charge is 2.48. The van der Waals surface area contributed by atoms with Gasteiger partial charge in [0, 0.05) is 30.6 Å². The molecule has 0 radical (unpaired) electrons. The molecule has 2 fully saturated rings. The van der Waals surface area contributed by atoms with Gasteiger partial charge in [-0.3, -0.25) is 4.79 Å². The average Bonchev–Trinajstić information content (AvgIpc) is 3.44. The van der Waals surface area contributed by atoms with Crippen LogP contribution in [0.2, 0.25) is 5.02 Å². The molecule has 1 aliphatic carbocycles. The highest BCUT2D eigenvalue weighted by Crippen LogP contribution is 2.50. The number of amides is 1. The summed E-state index contributed by atoms with van der Waals surface area (Å²) in [6.45, 7) is 1.91. The first kappa shape index (κ1) is 20.1. The Balaban J connectivity index is 0.00000210. The van der Waals surface area contributed by atoms with Crippen molar-refractivity contribution in [3.8, 4) is 0 Å². The molecule has 4 rings (SSSR count). The van der Waals surface area contributed by atoms with Crippen LogP contribution in [-0.4, -0.2) is 30.4 Å². The second-order valence-corrected chi connectivity index (χ2v) is 7.29. The maximum Gasteiger partial charge on any atom is 0.226 e. The molecule has 3 unspecified atom stereocenters. The van der Waals surface area contributed by atoms with Gasteiger partial charge in [-0.1, -0.05) is 29.8 Å². The van der Waals surface area contributed by atoms with E-state index >= 15 is 0 Å². The Bertz CT molecular complexity index is 848. The summed E-state index contributed by atoms with van der Waals surface area (Å²) < 4.78 is 27.5. The van der Waals surface area contributed by atoms with Crippen molar-refractivity contribution in [3.05, 3.63) is 70.2 Å². The van der Waals surface area contributed by atoms with E-state index in [2.05, 4.69) is 5.32 Å². The van der Waals surface area contributed by atoms with Crippen LogP contribution < -0.4 is 5.32 Å². The first-order valence-electron chi connectivity index (χ1n) is 8.77. The van der Waals surface area contributed by atoms with Crippen LogP contribution in [0.4, 0.5) is 8.78 Å². The predicted molar refractivity (Wildman–Crippen MR) is 103 cm³/mol. The summed E-state index contributed by atoms with van der Waals surface area (Å²) in [5.41, 5.74) is 1.21. The van der Waals surface area contributed by atoms with E-state index in [0.29, 0.717) is 36.6 Å². The van der Waals surface area contributed by atoms with Crippen LogP contribution in [0.1, 0.15) is 29.5 Å². The molecule has 1 aliphatic heterocycles. The van der Waals surface area contributed by atoms with Crippen molar-refractivity contribution >= 4 is 29.9 Å². The largest absolute Gasteiger partial charge is 0.333 e. The summed E-state index contributed by atoms with van der Waals surface area (Å²) >= 11 is 6.33. The first-order valence-corrected chi connectivity index (χ1v) is 9.14. The minimum absolute atomic E-state index is 0. The van der Waals surface area contributed by atoms with Gasteiger partial charge in [0.15, 0.2) is 0 Å². The fraction of sp³-hybridized carbons (Fsp3) is 0.350. The number of halogens is 4. The lowest BCUT2D eigenvalue weighted by molar-refractivity contribution is -0.136. The maximum atomic E-state index is 14.0. The quantitative estimate of drug-likeness (QED) is 0.813. The van der Waals surface area contributed by atoms with Gasteiger partial charge < -0.3 is 10.2 Å². The third-order valence-electron chi connectivity index (χ3n) is 5.26. The third-order valence-corrected chi connectivity index (χ3v) is 5.60. The maximum absolute atomic E-state index is 14.0. The topological polar surface area (TPSA) is 32.3 Å². The van der Waals surface area contributed by atoms with Crippen molar-refractivity contribution in [2.45, 2.75) is 18.4 Å². The van der Waals surface area contributed by atoms with Crippen LogP contribution in [0.5, 0.6) is 0 Å². The zero-order valence-electron chi connectivity index (χ0n) is 14.5. The van der Waals surface area contributed by atoms with E-state index in [4.69, 9.17) is 11.6 Å². The Kier molecular flexibility index (Phi) is 6.04. The molecule has 144 valence electrons. The van der Waals surface area contributed by atoms with Gasteiger partial charge in [-0.25, -0.2) is 8.78 Å². The molecule has 27 heavy (non-hydrogen) atoms. The van der Waals surface area contributed by atoms with Gasteiger partial charge in [0.1, 0.15) is 11.6 Å². The summed E-state index contributed by atoms with van der Waals surface area (Å²) in [4.78, 5) is 14.9. The SMILES string of the molecule is Cl.O=C(C1CC1c1cc(F)ccc1F)N1CCNCC1c1ccccc1Cl. The number of nitrogens with one attached hydrogen (secondary N) is 1. The minimum atomic E-state index is -0.476. The molecule has 7 heteroatoms. The number of benzene rings is 2. The number of hydrogen-bond acceptors (Lipinski definition) is 2. The Morgan fingerprint density at radius 2 is 1.93 bits per heavy atom. The van der Waals surface area contributed by atoms with Crippen molar-refractivity contribution in [3.63, 3.8) is 0 Å². The highest BCUT2D eigenvalue weighted by atomic mass is 35.5. The molecule has 2 aromatic rings. The van der Waals surface area contributed by atoms with Crippen LogP contribution in [0.25, 0.3) is 0 Å². The summed E-state index contributed by atoms with van der Waals surface area (Å²) in [7, 11) is 0. The van der Waals surface area contributed by atoms with E-state index in [0.717, 1.165) is 17.7 Å². The summed E-state index contributed by atoms with van der Waals surface area (Å²) in [5, 5.41) is 3.93. The molecule has 2 aliphatic rings. The van der Waals surface area contributed by atoms with Gasteiger partial charge in [0.2, 0.25) is 5.91 Å². The van der Waals surface area contributed by atoms with Crippen molar-refractivity contribution in [1.29, 1.82) is 0 Å². The predicted octanol–water partition coefficient (Wildman–Crippen LogP) is 4.32. The Labute approximate surface area is 168 Å². The fourth-order valence-electron chi connectivity index (χ4n) is 3.81. The second kappa shape index (κ2) is 8.13. The second-order valence-electron chi connectivity index (χ2n) is 6.89. The standard InChI is InChI=1S/C20H19ClF2N2O.ClH/c21-17-4-2-1-3-13(17)19-11-24-7-8-25(19)20(26)16-10-14(16)15-9-12(22)5-6-18(15)23;/h1-6,9,14,16,19,24H,7-8,10-11H2;1H. The van der Waals surface area contributed by atoms with E-state index in [-0.39, 0.29) is 36.2 Å². The van der Waals surface area contributed by atoms with E-state index in [1.807, 2.05) is 29.2 Å². The van der Waals surface area contributed by atoms with E-state index in [1.165, 1.54) is 6.07 Å². The van der Waals surface area contributed by atoms with Gasteiger partial charge in [-0.15, -0.1) is 12.4 Å². The zero-order valence-corrected chi connectivity index (χ0v) is 16.1. The first-order chi connectivity index (χ1) is 12.6. The lowest BCUT2D eigenvalue weighted by Crippen LogP contribution is -2.49. The molecule has 2 aromatic carbocycles. The molecule has 3 nitrogen and oxygen atoms in total. The van der Waals surface area contributed by atoms with Crippen LogP contribution in [0, 0.1) is 17.6 Å². The van der Waals surface area contributed by atoms with Crippen LogP contribution in [0.3, 0.4) is 0 Å². The normalized spacial score (nSPS) is 24.3. The molecule has 1 N–H and O–H groups in total. The molecule has 1 amide bonds. The molecule has 3 atom stereocenters. The van der Waals surface area contributed by atoms with Gasteiger partial charge in [-0.05, 0) is 47.7 Å². The van der Waals surface area contributed by atoms with E-state index < -0.39 is 11.6 Å². The minimum Gasteiger partial charge on any atom is -0.333 e. The van der Waals surface area contributed by atoms with Crippen molar-refractivity contribution in [1.82, 2.24) is 10.2 Å². The molecular weight excluding hydrogens is 393 g/mol. The van der Waals surface area contributed by atoms with Crippen molar-refractivity contribution < 1.29 is 13.6 Å². The monoisotopic (exact) mass is 412 g/mol. The van der Waals surface area contributed by atoms with Crippen molar-refractivity contribution in [2.75, 3.05) is 19.6 Å². The smallest absolute Gasteiger partial charge is 0.226 e. The Morgan fingerprint density at radius 1 is 1.15 bits per heavy atom. The number of nitrogens with zero attached hydrogens (tertiary/aromatic N) is 1. The molecule has 0 spiro atoms. The van der Waals surface area contributed by atoms with E-state index in [9.17, 15) is 13.6 Å². The molecule has 0 bridgehead atoms. The molecule has 0 aromatic heterocycles. The summed E-state index contributed by atoms with van der Waals surface area (Å²) in [6.07, 6.45) is 0.554. The Morgan fingerprint density at radius 3 is 2.70 bits per heavy atom. The number of carbonyl (C=O) groups excluding carboxylic acids is 1. The fourth-order valence-corrected chi connectivity index (χ4v) is 4.08. The van der Waals surface area contributed by atoms with Gasteiger partial charge in [0.05, 0.1) is 6.04 Å². The number of rotatable bonds is 3. The van der Waals surface area contributed by atoms with Crippen LogP contribution in [0.15, 0.2) is 42.5 Å². The van der Waals surface area contributed by atoms with Gasteiger partial charge in [0.25, 0.3) is 0 Å². The lowest BCUT2D eigenvalue weighted by atomic mass is 10.0. The molecule has 1 heterocycles. The van der Waals surface area contributed by atoms with Crippen LogP contribution in [-0.2, 0) is 4.79 Å². The zero-order chi connectivity index (χ0) is 18.3. The highest BCUT2D eigenvalue weighted by molar-refractivity contribution is 6.31. The molecule has 1 saturated carbocycles. The third kappa shape index (κ3) is 3.96.